The Kier molecular flexibility index (Phi) is 5.17. The first kappa shape index (κ1) is 21.8. The average molecular weight is 448 g/mol. The van der Waals surface area contributed by atoms with Crippen molar-refractivity contribution < 1.29 is 18.3 Å². The van der Waals surface area contributed by atoms with Crippen LogP contribution in [-0.2, 0) is 16.4 Å². The number of aryl methyl sites for hydroxylation is 1. The van der Waals surface area contributed by atoms with E-state index in [2.05, 4.69) is 4.90 Å². The quantitative estimate of drug-likeness (QED) is 0.776. The number of hydrogen-bond acceptors (Lipinski definition) is 5. The summed E-state index contributed by atoms with van der Waals surface area (Å²) in [6.07, 6.45) is 3.11. The standard InChI is InChI=1S/C22H29N3O5S/c1-14-5-6-15-18(23-9-11-24(12-10-23)31(29,30)22(2,3)4)8-7-16-19(15)25(14)13-17(20(16)26)21(27)28/h7-8,13-14H,5-6,9-12H2,1-4H3,(H,27,28). The van der Waals surface area contributed by atoms with Crippen LogP contribution in [0.1, 0.15) is 56.1 Å². The summed E-state index contributed by atoms with van der Waals surface area (Å²) in [6, 6.07) is 3.70. The van der Waals surface area contributed by atoms with Crippen LogP contribution in [0.2, 0.25) is 0 Å². The van der Waals surface area contributed by atoms with Gasteiger partial charge in [-0.15, -0.1) is 0 Å². The van der Waals surface area contributed by atoms with Crippen LogP contribution in [-0.4, -0.2) is 59.3 Å². The molecule has 3 heterocycles. The highest BCUT2D eigenvalue weighted by atomic mass is 32.2. The van der Waals surface area contributed by atoms with Gasteiger partial charge in [0.2, 0.25) is 15.5 Å². The van der Waals surface area contributed by atoms with Crippen LogP contribution >= 0.6 is 0 Å². The molecule has 0 radical (unpaired) electrons. The molecular weight excluding hydrogens is 418 g/mol. The molecule has 1 unspecified atom stereocenters. The molecule has 0 saturated carbocycles. The third kappa shape index (κ3) is 3.43. The second kappa shape index (κ2) is 7.34. The average Bonchev–Trinajstić information content (AvgIpc) is 2.70. The molecular formula is C22H29N3O5S. The van der Waals surface area contributed by atoms with Gasteiger partial charge in [-0.05, 0) is 58.2 Å². The van der Waals surface area contributed by atoms with Crippen molar-refractivity contribution in [3.63, 3.8) is 0 Å². The Bertz CT molecular complexity index is 1220. The number of pyridine rings is 1. The normalized spacial score (nSPS) is 20.3. The van der Waals surface area contributed by atoms with E-state index in [1.54, 1.807) is 31.1 Å². The Labute approximate surface area is 182 Å². The number of rotatable bonds is 3. The Balaban J connectivity index is 1.74. The molecule has 2 aromatic rings. The minimum atomic E-state index is -3.37. The molecule has 0 aliphatic carbocycles. The maximum Gasteiger partial charge on any atom is 0.341 e. The molecule has 0 spiro atoms. The Morgan fingerprint density at radius 2 is 1.77 bits per heavy atom. The zero-order chi connectivity index (χ0) is 22.7. The number of aromatic nitrogens is 1. The van der Waals surface area contributed by atoms with E-state index in [9.17, 15) is 23.1 Å². The van der Waals surface area contributed by atoms with Crippen LogP contribution in [0.25, 0.3) is 10.9 Å². The molecule has 2 aliphatic rings. The molecule has 1 atom stereocenters. The number of hydrogen-bond donors (Lipinski definition) is 1. The number of nitrogens with zero attached hydrogens (tertiary/aromatic N) is 3. The largest absolute Gasteiger partial charge is 0.477 e. The second-order valence-electron chi connectivity index (χ2n) is 9.43. The first-order valence-electron chi connectivity index (χ1n) is 10.6. The lowest BCUT2D eigenvalue weighted by molar-refractivity contribution is 0.0694. The van der Waals surface area contributed by atoms with Gasteiger partial charge in [-0.3, -0.25) is 4.79 Å². The van der Waals surface area contributed by atoms with Crippen molar-refractivity contribution in [2.45, 2.75) is 51.3 Å². The predicted octanol–water partition coefficient (Wildman–Crippen LogP) is 2.46. The third-order valence-electron chi connectivity index (χ3n) is 6.48. The molecule has 8 nitrogen and oxygen atoms in total. The number of carboxylic acids is 1. The molecule has 1 fully saturated rings. The van der Waals surface area contributed by atoms with Crippen molar-refractivity contribution >= 4 is 32.6 Å². The lowest BCUT2D eigenvalue weighted by atomic mass is 9.94. The molecule has 168 valence electrons. The van der Waals surface area contributed by atoms with Gasteiger partial charge >= 0.3 is 5.97 Å². The van der Waals surface area contributed by atoms with E-state index < -0.39 is 26.2 Å². The van der Waals surface area contributed by atoms with Crippen molar-refractivity contribution in [1.29, 1.82) is 0 Å². The molecule has 2 aliphatic heterocycles. The van der Waals surface area contributed by atoms with Crippen molar-refractivity contribution in [1.82, 2.24) is 8.87 Å². The monoisotopic (exact) mass is 447 g/mol. The number of aromatic carboxylic acids is 1. The van der Waals surface area contributed by atoms with Crippen molar-refractivity contribution in [3.05, 3.63) is 39.7 Å². The number of carbonyl (C=O) groups is 1. The predicted molar refractivity (Wildman–Crippen MR) is 121 cm³/mol. The Morgan fingerprint density at radius 3 is 2.35 bits per heavy atom. The van der Waals surface area contributed by atoms with E-state index in [4.69, 9.17) is 0 Å². The van der Waals surface area contributed by atoms with E-state index in [0.717, 1.165) is 29.6 Å². The molecule has 9 heteroatoms. The lowest BCUT2D eigenvalue weighted by Gasteiger charge is -2.39. The van der Waals surface area contributed by atoms with Crippen LogP contribution in [0.15, 0.2) is 23.1 Å². The van der Waals surface area contributed by atoms with Crippen LogP contribution in [0.4, 0.5) is 5.69 Å². The first-order chi connectivity index (χ1) is 14.4. The number of anilines is 1. The molecule has 1 N–H and O–H groups in total. The minimum absolute atomic E-state index is 0.0951. The summed E-state index contributed by atoms with van der Waals surface area (Å²) in [6.45, 7) is 9.15. The summed E-state index contributed by atoms with van der Waals surface area (Å²) in [5, 5.41) is 9.88. The maximum absolute atomic E-state index is 12.8. The maximum atomic E-state index is 12.8. The molecule has 0 bridgehead atoms. The number of benzene rings is 1. The second-order valence-corrected chi connectivity index (χ2v) is 12.1. The van der Waals surface area contributed by atoms with Gasteiger partial charge in [-0.1, -0.05) is 0 Å². The highest BCUT2D eigenvalue weighted by molar-refractivity contribution is 7.90. The van der Waals surface area contributed by atoms with Gasteiger partial charge in [0.05, 0.1) is 10.3 Å². The summed E-state index contributed by atoms with van der Waals surface area (Å²) in [5.41, 5.74) is 2.18. The fourth-order valence-corrected chi connectivity index (χ4v) is 6.02. The van der Waals surface area contributed by atoms with Crippen molar-refractivity contribution in [2.75, 3.05) is 31.1 Å². The first-order valence-corrected chi connectivity index (χ1v) is 12.1. The Morgan fingerprint density at radius 1 is 1.13 bits per heavy atom. The van der Waals surface area contributed by atoms with Gasteiger partial charge in [0, 0.05) is 49.5 Å². The topological polar surface area (TPSA) is 99.9 Å². The van der Waals surface area contributed by atoms with Gasteiger partial charge in [0.25, 0.3) is 0 Å². The fourth-order valence-electron chi connectivity index (χ4n) is 4.60. The van der Waals surface area contributed by atoms with Gasteiger partial charge in [0.15, 0.2) is 0 Å². The van der Waals surface area contributed by atoms with Gasteiger partial charge in [-0.25, -0.2) is 13.2 Å². The van der Waals surface area contributed by atoms with Crippen LogP contribution in [0.5, 0.6) is 0 Å². The SMILES string of the molecule is CC1CCc2c(N3CCN(S(=O)(=O)C(C)(C)C)CC3)ccc3c(=O)c(C(=O)O)cn1c23. The molecule has 1 aromatic carbocycles. The number of piperazine rings is 1. The van der Waals surface area contributed by atoms with Gasteiger partial charge in [0.1, 0.15) is 5.56 Å². The summed E-state index contributed by atoms with van der Waals surface area (Å²) < 4.78 is 28.2. The molecule has 1 aromatic heterocycles. The van der Waals surface area contributed by atoms with E-state index in [-0.39, 0.29) is 11.6 Å². The molecule has 0 amide bonds. The summed E-state index contributed by atoms with van der Waals surface area (Å²) >= 11 is 0. The highest BCUT2D eigenvalue weighted by Crippen LogP contribution is 2.36. The fraction of sp³-hybridized carbons (Fsp3) is 0.545. The van der Waals surface area contributed by atoms with Crippen LogP contribution in [0.3, 0.4) is 0 Å². The van der Waals surface area contributed by atoms with E-state index in [0.29, 0.717) is 31.6 Å². The van der Waals surface area contributed by atoms with Gasteiger partial charge in [-0.2, -0.15) is 4.31 Å². The van der Waals surface area contributed by atoms with E-state index in [1.807, 2.05) is 17.6 Å². The van der Waals surface area contributed by atoms with Crippen molar-refractivity contribution in [2.24, 2.45) is 0 Å². The zero-order valence-corrected chi connectivity index (χ0v) is 19.2. The lowest BCUT2D eigenvalue weighted by Crippen LogP contribution is -2.53. The highest BCUT2D eigenvalue weighted by Gasteiger charge is 2.37. The van der Waals surface area contributed by atoms with E-state index in [1.165, 1.54) is 6.20 Å². The third-order valence-corrected chi connectivity index (χ3v) is 9.08. The smallest absolute Gasteiger partial charge is 0.341 e. The summed E-state index contributed by atoms with van der Waals surface area (Å²) in [5.74, 6) is -1.21. The van der Waals surface area contributed by atoms with Gasteiger partial charge < -0.3 is 14.6 Å². The van der Waals surface area contributed by atoms with Crippen molar-refractivity contribution in [3.8, 4) is 0 Å². The molecule has 1 saturated heterocycles. The summed E-state index contributed by atoms with van der Waals surface area (Å²) in [7, 11) is -3.37. The molecule has 31 heavy (non-hydrogen) atoms. The van der Waals surface area contributed by atoms with E-state index >= 15 is 0 Å². The zero-order valence-electron chi connectivity index (χ0n) is 18.4. The Hall–Kier alpha value is -2.39. The molecule has 4 rings (SSSR count). The van der Waals surface area contributed by atoms with Crippen LogP contribution in [0, 0.1) is 0 Å². The number of sulfonamides is 1. The summed E-state index contributed by atoms with van der Waals surface area (Å²) in [4.78, 5) is 26.5. The number of carboxylic acid groups (broad SMARTS) is 1. The minimum Gasteiger partial charge on any atom is -0.477 e. The van der Waals surface area contributed by atoms with Crippen LogP contribution < -0.4 is 10.3 Å².